The number of carbonyl (C=O) groups is 1. The fourth-order valence-corrected chi connectivity index (χ4v) is 1.04. The average molecular weight is 205 g/mol. The monoisotopic (exact) mass is 205 g/mol. The number of amides is 1. The molecule has 14 heavy (non-hydrogen) atoms. The molecule has 5 nitrogen and oxygen atoms in total. The van der Waals surface area contributed by atoms with Gasteiger partial charge in [0.25, 0.3) is 0 Å². The van der Waals surface area contributed by atoms with Crippen LogP contribution in [-0.2, 0) is 14.3 Å². The lowest BCUT2D eigenvalue weighted by Gasteiger charge is -2.20. The quantitative estimate of drug-likeness (QED) is 0.612. The zero-order chi connectivity index (χ0) is 11.1. The molecule has 0 spiro atoms. The Morgan fingerprint density at radius 3 is 2.21 bits per heavy atom. The molecule has 0 radical (unpaired) electrons. The van der Waals surface area contributed by atoms with E-state index in [1.54, 1.807) is 14.1 Å². The smallest absolute Gasteiger partial charge is 0.222 e. The molecule has 1 amide bonds. The molecule has 0 aliphatic rings. The maximum Gasteiger partial charge on any atom is 0.222 e. The molecule has 0 saturated carbocycles. The first-order valence-corrected chi connectivity index (χ1v) is 4.46. The highest BCUT2D eigenvalue weighted by Gasteiger charge is 2.19. The van der Waals surface area contributed by atoms with Crippen LogP contribution in [-0.4, -0.2) is 56.6 Å². The number of hydrogen-bond donors (Lipinski definition) is 1. The number of ether oxygens (including phenoxy) is 2. The van der Waals surface area contributed by atoms with Crippen LogP contribution in [0.5, 0.6) is 0 Å². The highest BCUT2D eigenvalue weighted by molar-refractivity contribution is 5.75. The SMILES string of the molecule is COC(OC)[C@H](O)CCC(=O)N(C)C. The van der Waals surface area contributed by atoms with Gasteiger partial charge in [-0.2, -0.15) is 0 Å². The highest BCUT2D eigenvalue weighted by atomic mass is 16.7. The molecular formula is C9H19NO4. The first-order chi connectivity index (χ1) is 6.52. The van der Waals surface area contributed by atoms with Crippen LogP contribution >= 0.6 is 0 Å². The standard InChI is InChI=1S/C9H19NO4/c1-10(2)8(12)6-5-7(11)9(13-3)14-4/h7,9,11H,5-6H2,1-4H3/t7-/m1/s1. The maximum absolute atomic E-state index is 11.2. The lowest BCUT2D eigenvalue weighted by atomic mass is 10.2. The Labute approximate surface area is 84.6 Å². The van der Waals surface area contributed by atoms with Crippen molar-refractivity contribution in [2.45, 2.75) is 25.2 Å². The van der Waals surface area contributed by atoms with Crippen LogP contribution in [0.15, 0.2) is 0 Å². The molecule has 0 aromatic rings. The molecule has 1 N–H and O–H groups in total. The Hall–Kier alpha value is -0.650. The van der Waals surface area contributed by atoms with E-state index in [-0.39, 0.29) is 12.3 Å². The summed E-state index contributed by atoms with van der Waals surface area (Å²) < 4.78 is 9.71. The third-order valence-corrected chi connectivity index (χ3v) is 1.93. The van der Waals surface area contributed by atoms with Gasteiger partial charge in [-0.3, -0.25) is 4.79 Å². The minimum Gasteiger partial charge on any atom is -0.388 e. The van der Waals surface area contributed by atoms with E-state index >= 15 is 0 Å². The second-order valence-corrected chi connectivity index (χ2v) is 3.23. The number of aliphatic hydroxyl groups is 1. The van der Waals surface area contributed by atoms with E-state index in [0.29, 0.717) is 6.42 Å². The minimum absolute atomic E-state index is 0.0185. The Kier molecular flexibility index (Phi) is 6.44. The molecule has 0 aromatic heterocycles. The van der Waals surface area contributed by atoms with E-state index in [0.717, 1.165) is 0 Å². The van der Waals surface area contributed by atoms with Gasteiger partial charge in [-0.25, -0.2) is 0 Å². The first-order valence-electron chi connectivity index (χ1n) is 4.46. The van der Waals surface area contributed by atoms with Gasteiger partial charge in [0.05, 0.1) is 0 Å². The Bertz CT molecular complexity index is 168. The minimum atomic E-state index is -0.770. The van der Waals surface area contributed by atoms with E-state index in [1.807, 2.05) is 0 Å². The lowest BCUT2D eigenvalue weighted by Crippen LogP contribution is -2.31. The summed E-state index contributed by atoms with van der Waals surface area (Å²) in [6.07, 6.45) is -0.806. The van der Waals surface area contributed by atoms with Gasteiger partial charge in [-0.05, 0) is 6.42 Å². The fraction of sp³-hybridized carbons (Fsp3) is 0.889. The number of nitrogens with zero attached hydrogens (tertiary/aromatic N) is 1. The maximum atomic E-state index is 11.2. The van der Waals surface area contributed by atoms with Crippen molar-refractivity contribution in [1.82, 2.24) is 4.90 Å². The number of carbonyl (C=O) groups excluding carboxylic acids is 1. The second kappa shape index (κ2) is 6.75. The highest BCUT2D eigenvalue weighted by Crippen LogP contribution is 2.07. The van der Waals surface area contributed by atoms with Crippen molar-refractivity contribution in [2.24, 2.45) is 0 Å². The molecule has 5 heteroatoms. The van der Waals surface area contributed by atoms with Crippen LogP contribution in [0.2, 0.25) is 0 Å². The van der Waals surface area contributed by atoms with E-state index in [2.05, 4.69) is 0 Å². The molecule has 0 fully saturated rings. The third-order valence-electron chi connectivity index (χ3n) is 1.93. The zero-order valence-corrected chi connectivity index (χ0v) is 9.19. The van der Waals surface area contributed by atoms with Gasteiger partial charge in [0.1, 0.15) is 6.10 Å². The summed E-state index contributed by atoms with van der Waals surface area (Å²) in [5.74, 6) is -0.0185. The summed E-state index contributed by atoms with van der Waals surface area (Å²) in [6.45, 7) is 0. The molecule has 0 bridgehead atoms. The molecule has 0 aliphatic carbocycles. The molecule has 84 valence electrons. The van der Waals surface area contributed by atoms with Gasteiger partial charge < -0.3 is 19.5 Å². The van der Waals surface area contributed by atoms with Crippen LogP contribution < -0.4 is 0 Å². The summed E-state index contributed by atoms with van der Waals surface area (Å²) >= 11 is 0. The van der Waals surface area contributed by atoms with Gasteiger partial charge in [-0.1, -0.05) is 0 Å². The Morgan fingerprint density at radius 1 is 1.36 bits per heavy atom. The van der Waals surface area contributed by atoms with Gasteiger partial charge in [-0.15, -0.1) is 0 Å². The van der Waals surface area contributed by atoms with Crippen molar-refractivity contribution in [3.8, 4) is 0 Å². The van der Waals surface area contributed by atoms with Crippen molar-refractivity contribution < 1.29 is 19.4 Å². The third kappa shape index (κ3) is 4.55. The predicted molar refractivity (Wildman–Crippen MR) is 51.7 cm³/mol. The van der Waals surface area contributed by atoms with Crippen molar-refractivity contribution in [3.05, 3.63) is 0 Å². The normalized spacial score (nSPS) is 13.0. The van der Waals surface area contributed by atoms with E-state index in [1.165, 1.54) is 19.1 Å². The molecule has 0 rings (SSSR count). The number of aliphatic hydroxyl groups excluding tert-OH is 1. The van der Waals surface area contributed by atoms with Crippen molar-refractivity contribution >= 4 is 5.91 Å². The fourth-order valence-electron chi connectivity index (χ4n) is 1.04. The van der Waals surface area contributed by atoms with E-state index in [4.69, 9.17) is 9.47 Å². The molecule has 0 aromatic carbocycles. The largest absolute Gasteiger partial charge is 0.388 e. The van der Waals surface area contributed by atoms with Gasteiger partial charge in [0.15, 0.2) is 6.29 Å². The van der Waals surface area contributed by atoms with Crippen molar-refractivity contribution in [2.75, 3.05) is 28.3 Å². The molecule has 0 aliphatic heterocycles. The molecular weight excluding hydrogens is 186 g/mol. The van der Waals surface area contributed by atoms with Gasteiger partial charge in [0, 0.05) is 34.7 Å². The molecule has 0 heterocycles. The Morgan fingerprint density at radius 2 is 1.86 bits per heavy atom. The summed E-state index contributed by atoms with van der Waals surface area (Å²) in [4.78, 5) is 12.7. The number of rotatable bonds is 6. The lowest BCUT2D eigenvalue weighted by molar-refractivity contribution is -0.167. The Balaban J connectivity index is 3.83. The molecule has 1 atom stereocenters. The number of methoxy groups -OCH3 is 2. The van der Waals surface area contributed by atoms with Crippen molar-refractivity contribution in [3.63, 3.8) is 0 Å². The van der Waals surface area contributed by atoms with E-state index < -0.39 is 12.4 Å². The first kappa shape index (κ1) is 13.4. The molecule has 0 unspecified atom stereocenters. The zero-order valence-electron chi connectivity index (χ0n) is 9.19. The summed E-state index contributed by atoms with van der Waals surface area (Å²) in [6, 6.07) is 0. The van der Waals surface area contributed by atoms with Gasteiger partial charge in [0.2, 0.25) is 5.91 Å². The topological polar surface area (TPSA) is 59.0 Å². The van der Waals surface area contributed by atoms with Crippen LogP contribution in [0.25, 0.3) is 0 Å². The van der Waals surface area contributed by atoms with Crippen LogP contribution in [0.3, 0.4) is 0 Å². The number of hydrogen-bond acceptors (Lipinski definition) is 4. The summed E-state index contributed by atoms with van der Waals surface area (Å²) in [5, 5.41) is 9.52. The van der Waals surface area contributed by atoms with Crippen LogP contribution in [0.1, 0.15) is 12.8 Å². The predicted octanol–water partition coefficient (Wildman–Crippen LogP) is -0.165. The van der Waals surface area contributed by atoms with E-state index in [9.17, 15) is 9.90 Å². The summed E-state index contributed by atoms with van der Waals surface area (Å²) in [5.41, 5.74) is 0. The molecule has 0 saturated heterocycles. The van der Waals surface area contributed by atoms with Crippen LogP contribution in [0, 0.1) is 0 Å². The van der Waals surface area contributed by atoms with Crippen molar-refractivity contribution in [1.29, 1.82) is 0 Å². The van der Waals surface area contributed by atoms with Gasteiger partial charge >= 0.3 is 0 Å². The van der Waals surface area contributed by atoms with Crippen LogP contribution in [0.4, 0.5) is 0 Å². The summed E-state index contributed by atoms with van der Waals surface area (Å²) in [7, 11) is 6.26. The average Bonchev–Trinajstić information content (AvgIpc) is 2.15. The second-order valence-electron chi connectivity index (χ2n) is 3.23.